The molecule has 0 amide bonds. The Morgan fingerprint density at radius 3 is 2.90 bits per heavy atom. The first-order valence-corrected chi connectivity index (χ1v) is 7.99. The molecule has 0 spiro atoms. The summed E-state index contributed by atoms with van der Waals surface area (Å²) in [4.78, 5) is 2.52. The van der Waals surface area contributed by atoms with Crippen LogP contribution in [0.2, 0.25) is 0 Å². The van der Waals surface area contributed by atoms with Gasteiger partial charge in [-0.05, 0) is 37.8 Å². The summed E-state index contributed by atoms with van der Waals surface area (Å²) in [6.07, 6.45) is 4.91. The van der Waals surface area contributed by atoms with Crippen molar-refractivity contribution in [2.45, 2.75) is 46.7 Å². The zero-order chi connectivity index (χ0) is 14.4. The Labute approximate surface area is 122 Å². The minimum absolute atomic E-state index is 0.672. The fourth-order valence-corrected chi connectivity index (χ4v) is 2.31. The van der Waals surface area contributed by atoms with E-state index in [2.05, 4.69) is 47.5 Å². The monoisotopic (exact) mass is 279 g/mol. The molecule has 0 aliphatic heterocycles. The number of aromatic nitrogens is 3. The van der Waals surface area contributed by atoms with Gasteiger partial charge in [0, 0.05) is 25.8 Å². The van der Waals surface area contributed by atoms with Gasteiger partial charge in [-0.15, -0.1) is 5.10 Å². The van der Waals surface area contributed by atoms with Gasteiger partial charge in [-0.1, -0.05) is 26.0 Å². The third-order valence-electron chi connectivity index (χ3n) is 3.75. The van der Waals surface area contributed by atoms with E-state index in [1.807, 2.05) is 4.68 Å². The molecule has 1 aromatic rings. The van der Waals surface area contributed by atoms with E-state index in [9.17, 15) is 0 Å². The molecule has 1 N–H and O–H groups in total. The first-order chi connectivity index (χ1) is 9.67. The summed E-state index contributed by atoms with van der Waals surface area (Å²) >= 11 is 0. The van der Waals surface area contributed by atoms with Crippen molar-refractivity contribution in [2.75, 3.05) is 26.2 Å². The summed E-state index contributed by atoms with van der Waals surface area (Å²) in [6.45, 7) is 12.9. The normalized spacial score (nSPS) is 15.4. The van der Waals surface area contributed by atoms with E-state index in [4.69, 9.17) is 0 Å². The van der Waals surface area contributed by atoms with E-state index >= 15 is 0 Å². The maximum atomic E-state index is 4.22. The minimum atomic E-state index is 0.672. The summed E-state index contributed by atoms with van der Waals surface area (Å²) in [7, 11) is 0. The molecule has 0 unspecified atom stereocenters. The van der Waals surface area contributed by atoms with Crippen molar-refractivity contribution in [1.82, 2.24) is 25.2 Å². The molecule has 1 aromatic heterocycles. The predicted molar refractivity (Wildman–Crippen MR) is 81.4 cm³/mol. The molecule has 0 radical (unpaired) electrons. The third kappa shape index (κ3) is 5.59. The van der Waals surface area contributed by atoms with Gasteiger partial charge in [0.05, 0.1) is 12.2 Å². The summed E-state index contributed by atoms with van der Waals surface area (Å²) in [5, 5.41) is 11.8. The molecule has 1 heterocycles. The van der Waals surface area contributed by atoms with Crippen molar-refractivity contribution in [1.29, 1.82) is 0 Å². The van der Waals surface area contributed by atoms with Crippen LogP contribution in [0.1, 0.15) is 39.3 Å². The highest BCUT2D eigenvalue weighted by molar-refractivity contribution is 4.91. The summed E-state index contributed by atoms with van der Waals surface area (Å²) in [6, 6.07) is 0. The van der Waals surface area contributed by atoms with Gasteiger partial charge in [-0.2, -0.15) is 0 Å². The average molecular weight is 279 g/mol. The van der Waals surface area contributed by atoms with Crippen LogP contribution in [-0.2, 0) is 13.1 Å². The molecule has 5 nitrogen and oxygen atoms in total. The van der Waals surface area contributed by atoms with E-state index in [0.29, 0.717) is 5.92 Å². The fourth-order valence-electron chi connectivity index (χ4n) is 2.31. The lowest BCUT2D eigenvalue weighted by molar-refractivity contribution is 0.260. The van der Waals surface area contributed by atoms with Crippen LogP contribution >= 0.6 is 0 Å². The standard InChI is InChI=1S/C15H29N5/c1-4-19(11-14-5-6-14)7-8-20-12-15(17-18-20)10-16-9-13(2)3/h12-14,16H,4-11H2,1-3H3. The average Bonchev–Trinajstić information content (AvgIpc) is 3.12. The highest BCUT2D eigenvalue weighted by atomic mass is 15.4. The molecule has 1 fully saturated rings. The van der Waals surface area contributed by atoms with Crippen LogP contribution in [0.15, 0.2) is 6.20 Å². The molecular formula is C15H29N5. The number of nitrogens with one attached hydrogen (secondary N) is 1. The Kier molecular flexibility index (Phi) is 5.98. The lowest BCUT2D eigenvalue weighted by Gasteiger charge is -2.19. The van der Waals surface area contributed by atoms with Crippen molar-refractivity contribution in [3.63, 3.8) is 0 Å². The molecule has 0 atom stereocenters. The Hall–Kier alpha value is -0.940. The van der Waals surface area contributed by atoms with Crippen LogP contribution in [0, 0.1) is 11.8 Å². The SMILES string of the molecule is CCN(CCn1cc(CNCC(C)C)nn1)CC1CC1. The molecule has 1 saturated carbocycles. The number of hydrogen-bond acceptors (Lipinski definition) is 4. The second-order valence-corrected chi connectivity index (χ2v) is 6.33. The van der Waals surface area contributed by atoms with Gasteiger partial charge in [0.2, 0.25) is 0 Å². The molecule has 20 heavy (non-hydrogen) atoms. The molecule has 0 aromatic carbocycles. The molecule has 1 aliphatic rings. The lowest BCUT2D eigenvalue weighted by atomic mass is 10.2. The van der Waals surface area contributed by atoms with E-state index in [0.717, 1.165) is 44.3 Å². The highest BCUT2D eigenvalue weighted by Gasteiger charge is 2.23. The van der Waals surface area contributed by atoms with Crippen molar-refractivity contribution in [3.8, 4) is 0 Å². The Balaban J connectivity index is 1.68. The first kappa shape index (κ1) is 15.4. The molecular weight excluding hydrogens is 250 g/mol. The molecule has 2 rings (SSSR count). The van der Waals surface area contributed by atoms with Gasteiger partial charge in [-0.25, -0.2) is 0 Å². The van der Waals surface area contributed by atoms with E-state index in [1.165, 1.54) is 19.4 Å². The van der Waals surface area contributed by atoms with Crippen molar-refractivity contribution < 1.29 is 0 Å². The third-order valence-corrected chi connectivity index (χ3v) is 3.75. The second kappa shape index (κ2) is 7.74. The van der Waals surface area contributed by atoms with Gasteiger partial charge in [-0.3, -0.25) is 4.68 Å². The van der Waals surface area contributed by atoms with Crippen molar-refractivity contribution >= 4 is 0 Å². The fraction of sp³-hybridized carbons (Fsp3) is 0.867. The van der Waals surface area contributed by atoms with Crippen LogP contribution < -0.4 is 5.32 Å². The zero-order valence-electron chi connectivity index (χ0n) is 13.2. The lowest BCUT2D eigenvalue weighted by Crippen LogP contribution is -2.29. The van der Waals surface area contributed by atoms with Crippen LogP contribution in [0.4, 0.5) is 0 Å². The molecule has 0 saturated heterocycles. The van der Waals surface area contributed by atoms with Crippen molar-refractivity contribution in [3.05, 3.63) is 11.9 Å². The number of nitrogens with zero attached hydrogens (tertiary/aromatic N) is 4. The second-order valence-electron chi connectivity index (χ2n) is 6.33. The van der Waals surface area contributed by atoms with Crippen LogP contribution in [-0.4, -0.2) is 46.1 Å². The van der Waals surface area contributed by atoms with Gasteiger partial charge >= 0.3 is 0 Å². The van der Waals surface area contributed by atoms with Crippen LogP contribution in [0.3, 0.4) is 0 Å². The smallest absolute Gasteiger partial charge is 0.0964 e. The maximum absolute atomic E-state index is 4.22. The van der Waals surface area contributed by atoms with Crippen LogP contribution in [0.25, 0.3) is 0 Å². The minimum Gasteiger partial charge on any atom is -0.311 e. The maximum Gasteiger partial charge on any atom is 0.0964 e. The summed E-state index contributed by atoms with van der Waals surface area (Å²) in [5.41, 5.74) is 1.04. The number of rotatable bonds is 10. The van der Waals surface area contributed by atoms with Gasteiger partial charge in [0.1, 0.15) is 0 Å². The Bertz CT molecular complexity index is 383. The van der Waals surface area contributed by atoms with Gasteiger partial charge in [0.15, 0.2) is 0 Å². The summed E-state index contributed by atoms with van der Waals surface area (Å²) < 4.78 is 1.97. The molecule has 0 bridgehead atoms. The first-order valence-electron chi connectivity index (χ1n) is 7.99. The molecule has 5 heteroatoms. The van der Waals surface area contributed by atoms with Gasteiger partial charge < -0.3 is 10.2 Å². The predicted octanol–water partition coefficient (Wildman–Crippen LogP) is 1.76. The van der Waals surface area contributed by atoms with Crippen LogP contribution in [0.5, 0.6) is 0 Å². The van der Waals surface area contributed by atoms with E-state index in [-0.39, 0.29) is 0 Å². The van der Waals surface area contributed by atoms with E-state index < -0.39 is 0 Å². The summed E-state index contributed by atoms with van der Waals surface area (Å²) in [5.74, 6) is 1.63. The molecule has 114 valence electrons. The quantitative estimate of drug-likeness (QED) is 0.709. The Morgan fingerprint density at radius 1 is 1.45 bits per heavy atom. The van der Waals surface area contributed by atoms with E-state index in [1.54, 1.807) is 0 Å². The largest absolute Gasteiger partial charge is 0.311 e. The van der Waals surface area contributed by atoms with Crippen molar-refractivity contribution in [2.24, 2.45) is 11.8 Å². The Morgan fingerprint density at radius 2 is 2.25 bits per heavy atom. The topological polar surface area (TPSA) is 46.0 Å². The highest BCUT2D eigenvalue weighted by Crippen LogP contribution is 2.29. The zero-order valence-corrected chi connectivity index (χ0v) is 13.2. The number of hydrogen-bond donors (Lipinski definition) is 1. The van der Waals surface area contributed by atoms with Gasteiger partial charge in [0.25, 0.3) is 0 Å². The number of likely N-dealkylation sites (N-methyl/N-ethyl adjacent to an activating group) is 1. The molecule has 1 aliphatic carbocycles.